The number of esters is 1. The summed E-state index contributed by atoms with van der Waals surface area (Å²) in [5.41, 5.74) is 0. The Balaban J connectivity index is 1.42. The highest BCUT2D eigenvalue weighted by Gasteiger charge is 2.40. The first kappa shape index (κ1) is 16.5. The van der Waals surface area contributed by atoms with Gasteiger partial charge in [-0.15, -0.1) is 0 Å². The van der Waals surface area contributed by atoms with Crippen molar-refractivity contribution in [1.82, 2.24) is 4.98 Å². The van der Waals surface area contributed by atoms with Crippen molar-refractivity contribution in [2.75, 3.05) is 11.9 Å². The molecule has 1 heterocycles. The number of carbonyl (C=O) groups excluding carboxylic acids is 2. The summed E-state index contributed by atoms with van der Waals surface area (Å²) >= 11 is 11.7. The highest BCUT2D eigenvalue weighted by Crippen LogP contribution is 2.49. The Bertz CT molecular complexity index is 623. The molecule has 2 aliphatic carbocycles. The van der Waals surface area contributed by atoms with E-state index in [1.54, 1.807) is 0 Å². The van der Waals surface area contributed by atoms with E-state index in [-0.39, 0.29) is 23.4 Å². The number of halogens is 2. The van der Waals surface area contributed by atoms with Crippen LogP contribution < -0.4 is 5.32 Å². The molecule has 2 fully saturated rings. The third kappa shape index (κ3) is 4.15. The standard InChI is InChI=1S/C16H18Cl2N2O3/c17-12-6-13(18)16(19-7-12)20-14(21)8-23-15(22)5-11-4-9-1-2-10(11)3-9/h6-7,9-11H,1-5,8H2,(H,19,20,21)/t9-,10-,11+/m1/s1. The number of carbonyl (C=O) groups is 2. The first-order valence-corrected chi connectivity index (χ1v) is 8.53. The van der Waals surface area contributed by atoms with Crippen molar-refractivity contribution >= 4 is 40.9 Å². The van der Waals surface area contributed by atoms with Crippen molar-refractivity contribution in [3.05, 3.63) is 22.3 Å². The number of hydrogen-bond acceptors (Lipinski definition) is 4. The van der Waals surface area contributed by atoms with E-state index in [0.29, 0.717) is 23.3 Å². The summed E-state index contributed by atoms with van der Waals surface area (Å²) in [6.07, 6.45) is 6.69. The van der Waals surface area contributed by atoms with Gasteiger partial charge >= 0.3 is 5.97 Å². The zero-order valence-electron chi connectivity index (χ0n) is 12.6. The third-order valence-electron chi connectivity index (χ3n) is 4.74. The van der Waals surface area contributed by atoms with Gasteiger partial charge in [-0.3, -0.25) is 9.59 Å². The number of hydrogen-bond donors (Lipinski definition) is 1. The zero-order chi connectivity index (χ0) is 16.4. The van der Waals surface area contributed by atoms with Crippen LogP contribution in [0.1, 0.15) is 32.1 Å². The Hall–Kier alpha value is -1.33. The van der Waals surface area contributed by atoms with E-state index >= 15 is 0 Å². The maximum absolute atomic E-state index is 11.9. The number of anilines is 1. The monoisotopic (exact) mass is 356 g/mol. The van der Waals surface area contributed by atoms with Crippen LogP contribution in [0.15, 0.2) is 12.3 Å². The minimum atomic E-state index is -0.469. The van der Waals surface area contributed by atoms with Crippen LogP contribution in [-0.4, -0.2) is 23.5 Å². The molecule has 0 saturated heterocycles. The van der Waals surface area contributed by atoms with Gasteiger partial charge in [-0.1, -0.05) is 29.6 Å². The first-order chi connectivity index (χ1) is 11.0. The van der Waals surface area contributed by atoms with Gasteiger partial charge in [0.2, 0.25) is 0 Å². The van der Waals surface area contributed by atoms with Crippen LogP contribution in [0.25, 0.3) is 0 Å². The van der Waals surface area contributed by atoms with Gasteiger partial charge in [-0.2, -0.15) is 0 Å². The fraction of sp³-hybridized carbons (Fsp3) is 0.562. The maximum Gasteiger partial charge on any atom is 0.306 e. The van der Waals surface area contributed by atoms with Gasteiger partial charge < -0.3 is 10.1 Å². The van der Waals surface area contributed by atoms with Crippen molar-refractivity contribution in [3.63, 3.8) is 0 Å². The summed E-state index contributed by atoms with van der Waals surface area (Å²) in [7, 11) is 0. The molecule has 0 aromatic carbocycles. The Kier molecular flexibility index (Phi) is 5.07. The lowest BCUT2D eigenvalue weighted by atomic mass is 9.86. The fourth-order valence-electron chi connectivity index (χ4n) is 3.72. The average Bonchev–Trinajstić information content (AvgIpc) is 3.11. The van der Waals surface area contributed by atoms with Gasteiger partial charge in [0.25, 0.3) is 5.91 Å². The highest BCUT2D eigenvalue weighted by atomic mass is 35.5. The molecule has 124 valence electrons. The van der Waals surface area contributed by atoms with Crippen LogP contribution in [0.4, 0.5) is 5.82 Å². The van der Waals surface area contributed by atoms with Gasteiger partial charge in [-0.25, -0.2) is 4.98 Å². The smallest absolute Gasteiger partial charge is 0.306 e. The number of fused-ring (bicyclic) bond motifs is 2. The van der Waals surface area contributed by atoms with Gasteiger partial charge in [0.15, 0.2) is 12.4 Å². The summed E-state index contributed by atoms with van der Waals surface area (Å²) in [5, 5.41) is 3.11. The van der Waals surface area contributed by atoms with Crippen molar-refractivity contribution < 1.29 is 14.3 Å². The highest BCUT2D eigenvalue weighted by molar-refractivity contribution is 6.36. The van der Waals surface area contributed by atoms with Crippen molar-refractivity contribution in [2.24, 2.45) is 17.8 Å². The second kappa shape index (κ2) is 7.05. The number of aromatic nitrogens is 1. The molecule has 0 aliphatic heterocycles. The predicted octanol–water partition coefficient (Wildman–Crippen LogP) is 3.70. The number of ether oxygens (including phenoxy) is 1. The van der Waals surface area contributed by atoms with E-state index in [2.05, 4.69) is 10.3 Å². The molecule has 1 amide bonds. The predicted molar refractivity (Wildman–Crippen MR) is 87.4 cm³/mol. The van der Waals surface area contributed by atoms with E-state index in [1.165, 1.54) is 31.5 Å². The minimum absolute atomic E-state index is 0.199. The molecule has 2 aliphatic rings. The number of rotatable bonds is 5. The van der Waals surface area contributed by atoms with Gasteiger partial charge in [-0.05, 0) is 43.1 Å². The second-order valence-electron chi connectivity index (χ2n) is 6.33. The van der Waals surface area contributed by atoms with Crippen LogP contribution in [0.3, 0.4) is 0 Å². The van der Waals surface area contributed by atoms with Crippen LogP contribution in [0.5, 0.6) is 0 Å². The van der Waals surface area contributed by atoms with E-state index in [0.717, 1.165) is 12.3 Å². The normalized spacial score (nSPS) is 25.4. The molecule has 0 spiro atoms. The number of amides is 1. The molecule has 1 N–H and O–H groups in total. The molecule has 1 aromatic rings. The van der Waals surface area contributed by atoms with Gasteiger partial charge in [0, 0.05) is 12.6 Å². The fourth-order valence-corrected chi connectivity index (χ4v) is 4.15. The lowest BCUT2D eigenvalue weighted by Crippen LogP contribution is -2.23. The van der Waals surface area contributed by atoms with Crippen molar-refractivity contribution in [3.8, 4) is 0 Å². The Morgan fingerprint density at radius 3 is 2.78 bits per heavy atom. The molecule has 0 radical (unpaired) electrons. The topological polar surface area (TPSA) is 68.3 Å². The maximum atomic E-state index is 11.9. The van der Waals surface area contributed by atoms with Crippen LogP contribution in [-0.2, 0) is 14.3 Å². The molecular weight excluding hydrogens is 339 g/mol. The number of pyridine rings is 1. The molecule has 3 atom stereocenters. The van der Waals surface area contributed by atoms with Crippen LogP contribution in [0.2, 0.25) is 10.0 Å². The molecule has 2 bridgehead atoms. The largest absolute Gasteiger partial charge is 0.456 e. The Labute approximate surface area is 144 Å². The molecule has 3 rings (SSSR count). The van der Waals surface area contributed by atoms with Crippen LogP contribution >= 0.6 is 23.2 Å². The molecule has 5 nitrogen and oxygen atoms in total. The summed E-state index contributed by atoms with van der Waals surface area (Å²) in [4.78, 5) is 27.6. The van der Waals surface area contributed by atoms with Crippen LogP contribution in [0, 0.1) is 17.8 Å². The lowest BCUT2D eigenvalue weighted by molar-refractivity contribution is -0.148. The molecule has 1 aromatic heterocycles. The summed E-state index contributed by atoms with van der Waals surface area (Å²) < 4.78 is 5.06. The summed E-state index contributed by atoms with van der Waals surface area (Å²) in [6, 6.07) is 1.48. The third-order valence-corrected chi connectivity index (χ3v) is 5.24. The minimum Gasteiger partial charge on any atom is -0.456 e. The average molecular weight is 357 g/mol. The Morgan fingerprint density at radius 1 is 1.30 bits per heavy atom. The van der Waals surface area contributed by atoms with Crippen molar-refractivity contribution in [1.29, 1.82) is 0 Å². The molecule has 7 heteroatoms. The molecular formula is C16H18Cl2N2O3. The van der Waals surface area contributed by atoms with E-state index in [4.69, 9.17) is 27.9 Å². The van der Waals surface area contributed by atoms with Crippen molar-refractivity contribution in [2.45, 2.75) is 32.1 Å². The molecule has 2 saturated carbocycles. The Morgan fingerprint density at radius 2 is 2.13 bits per heavy atom. The molecule has 23 heavy (non-hydrogen) atoms. The lowest BCUT2D eigenvalue weighted by Gasteiger charge is -2.20. The molecule has 0 unspecified atom stereocenters. The van der Waals surface area contributed by atoms with Gasteiger partial charge in [0.05, 0.1) is 10.0 Å². The SMILES string of the molecule is O=C(COC(=O)C[C@@H]1C[C@@H]2CC[C@@H]1C2)Nc1ncc(Cl)cc1Cl. The summed E-state index contributed by atoms with van der Waals surface area (Å²) in [6.45, 7) is -0.333. The second-order valence-corrected chi connectivity index (χ2v) is 7.18. The zero-order valence-corrected chi connectivity index (χ0v) is 14.1. The van der Waals surface area contributed by atoms with Gasteiger partial charge in [0.1, 0.15) is 0 Å². The van der Waals surface area contributed by atoms with E-state index < -0.39 is 5.91 Å². The number of nitrogens with zero attached hydrogens (tertiary/aromatic N) is 1. The number of nitrogens with one attached hydrogen (secondary N) is 1. The quantitative estimate of drug-likeness (QED) is 0.816. The first-order valence-electron chi connectivity index (χ1n) is 7.78. The van der Waals surface area contributed by atoms with E-state index in [9.17, 15) is 9.59 Å². The summed E-state index contributed by atoms with van der Waals surface area (Å²) in [5.74, 6) is 1.30. The van der Waals surface area contributed by atoms with E-state index in [1.807, 2.05) is 0 Å².